The first-order valence-electron chi connectivity index (χ1n) is 5.79. The number of hydrogen-bond acceptors (Lipinski definition) is 4. The summed E-state index contributed by atoms with van der Waals surface area (Å²) in [6.07, 6.45) is 2.89. The number of nitrogens with one attached hydrogen (secondary N) is 1. The molecule has 90 valence electrons. The molecule has 3 N–H and O–H groups in total. The van der Waals surface area contributed by atoms with Gasteiger partial charge in [0, 0.05) is 24.6 Å². The van der Waals surface area contributed by atoms with Crippen LogP contribution in [0.4, 0.5) is 0 Å². The van der Waals surface area contributed by atoms with Crippen molar-refractivity contribution in [3.8, 4) is 0 Å². The molecule has 1 aliphatic rings. The van der Waals surface area contributed by atoms with Crippen LogP contribution in [0.15, 0.2) is 17.5 Å². The third kappa shape index (κ3) is 3.04. The second-order valence-electron chi connectivity index (χ2n) is 4.64. The maximum atomic E-state index is 9.86. The molecule has 0 radical (unpaired) electrons. The van der Waals surface area contributed by atoms with Crippen LogP contribution in [0.3, 0.4) is 0 Å². The van der Waals surface area contributed by atoms with Crippen molar-refractivity contribution in [3.63, 3.8) is 0 Å². The van der Waals surface area contributed by atoms with E-state index in [-0.39, 0.29) is 6.61 Å². The van der Waals surface area contributed by atoms with Crippen LogP contribution in [-0.4, -0.2) is 29.9 Å². The molecule has 0 aromatic carbocycles. The highest BCUT2D eigenvalue weighted by Gasteiger charge is 2.41. The third-order valence-electron chi connectivity index (χ3n) is 3.31. The van der Waals surface area contributed by atoms with Gasteiger partial charge in [-0.25, -0.2) is 0 Å². The van der Waals surface area contributed by atoms with Gasteiger partial charge in [0.05, 0.1) is 0 Å². The Bertz CT molecular complexity index is 309. The molecule has 0 aliphatic heterocycles. The summed E-state index contributed by atoms with van der Waals surface area (Å²) in [5, 5.41) is 24.1. The van der Waals surface area contributed by atoms with E-state index in [2.05, 4.69) is 5.32 Å². The molecule has 1 heterocycles. The van der Waals surface area contributed by atoms with E-state index in [1.165, 1.54) is 12.8 Å². The Balaban J connectivity index is 1.68. The topological polar surface area (TPSA) is 52.5 Å². The van der Waals surface area contributed by atoms with Crippen molar-refractivity contribution >= 4 is 11.3 Å². The Hall–Kier alpha value is -0.420. The van der Waals surface area contributed by atoms with Crippen LogP contribution in [0, 0.1) is 5.41 Å². The van der Waals surface area contributed by atoms with E-state index >= 15 is 0 Å². The molecule has 1 unspecified atom stereocenters. The average molecular weight is 241 g/mol. The minimum Gasteiger partial charge on any atom is -0.396 e. The Morgan fingerprint density at radius 1 is 1.50 bits per heavy atom. The maximum Gasteiger partial charge on any atom is 0.101 e. The molecule has 1 aromatic heterocycles. The number of aliphatic hydroxyl groups excluding tert-OH is 2. The average Bonchev–Trinajstić information content (AvgIpc) is 2.83. The summed E-state index contributed by atoms with van der Waals surface area (Å²) in [6.45, 7) is 1.79. The molecule has 2 rings (SSSR count). The van der Waals surface area contributed by atoms with Crippen LogP contribution in [0.2, 0.25) is 0 Å². The molecular weight excluding hydrogens is 222 g/mol. The first-order valence-corrected chi connectivity index (χ1v) is 6.67. The van der Waals surface area contributed by atoms with Crippen molar-refractivity contribution in [2.75, 3.05) is 19.7 Å². The number of hydrogen-bond donors (Lipinski definition) is 3. The molecule has 0 saturated heterocycles. The second kappa shape index (κ2) is 5.27. The summed E-state index contributed by atoms with van der Waals surface area (Å²) in [6, 6.07) is 3.91. The van der Waals surface area contributed by atoms with E-state index in [9.17, 15) is 5.11 Å². The predicted molar refractivity (Wildman–Crippen MR) is 65.5 cm³/mol. The van der Waals surface area contributed by atoms with Gasteiger partial charge in [-0.05, 0) is 36.1 Å². The summed E-state index contributed by atoms with van der Waals surface area (Å²) in [7, 11) is 0. The number of rotatable bonds is 7. The quantitative estimate of drug-likeness (QED) is 0.678. The van der Waals surface area contributed by atoms with E-state index in [1.54, 1.807) is 11.3 Å². The lowest BCUT2D eigenvalue weighted by atomic mass is 10.0. The van der Waals surface area contributed by atoms with E-state index in [4.69, 9.17) is 5.11 Å². The third-order valence-corrected chi connectivity index (χ3v) is 4.28. The monoisotopic (exact) mass is 241 g/mol. The van der Waals surface area contributed by atoms with E-state index in [0.29, 0.717) is 12.0 Å². The van der Waals surface area contributed by atoms with Gasteiger partial charge in [-0.15, -0.1) is 11.3 Å². The summed E-state index contributed by atoms with van der Waals surface area (Å²) in [4.78, 5) is 1.01. The van der Waals surface area contributed by atoms with Crippen molar-refractivity contribution in [1.29, 1.82) is 0 Å². The molecular formula is C12H19NO2S. The fourth-order valence-electron chi connectivity index (χ4n) is 1.98. The summed E-state index contributed by atoms with van der Waals surface area (Å²) < 4.78 is 0. The minimum atomic E-state index is -0.398. The molecule has 16 heavy (non-hydrogen) atoms. The molecule has 0 spiro atoms. The Morgan fingerprint density at radius 2 is 2.31 bits per heavy atom. The molecule has 1 aromatic rings. The largest absolute Gasteiger partial charge is 0.396 e. The minimum absolute atomic E-state index is 0.273. The number of thiophene rings is 1. The summed E-state index contributed by atoms with van der Waals surface area (Å²) >= 11 is 1.58. The first-order chi connectivity index (χ1) is 7.76. The standard InChI is InChI=1S/C12H19NO2S/c14-6-5-12(3-4-12)9-13-8-10(15)11-2-1-7-16-11/h1-2,7,10,13-15H,3-6,8-9H2. The molecule has 3 nitrogen and oxygen atoms in total. The van der Waals surface area contributed by atoms with Crippen LogP contribution in [0.1, 0.15) is 30.2 Å². The van der Waals surface area contributed by atoms with E-state index < -0.39 is 6.10 Å². The van der Waals surface area contributed by atoms with Crippen molar-refractivity contribution in [2.45, 2.75) is 25.4 Å². The highest BCUT2D eigenvalue weighted by Crippen LogP contribution is 2.47. The van der Waals surface area contributed by atoms with Gasteiger partial charge >= 0.3 is 0 Å². The van der Waals surface area contributed by atoms with Gasteiger partial charge in [0.1, 0.15) is 6.10 Å². The van der Waals surface area contributed by atoms with Crippen molar-refractivity contribution in [2.24, 2.45) is 5.41 Å². The van der Waals surface area contributed by atoms with Crippen molar-refractivity contribution in [1.82, 2.24) is 5.32 Å². The zero-order valence-corrected chi connectivity index (χ0v) is 10.2. The van der Waals surface area contributed by atoms with Crippen LogP contribution in [-0.2, 0) is 0 Å². The van der Waals surface area contributed by atoms with Gasteiger partial charge in [0.15, 0.2) is 0 Å². The molecule has 1 atom stereocenters. The molecule has 1 saturated carbocycles. The van der Waals surface area contributed by atoms with Gasteiger partial charge in [-0.3, -0.25) is 0 Å². The van der Waals surface area contributed by atoms with Crippen LogP contribution in [0.25, 0.3) is 0 Å². The summed E-state index contributed by atoms with van der Waals surface area (Å²) in [5.41, 5.74) is 0.323. The molecule has 4 heteroatoms. The van der Waals surface area contributed by atoms with Crippen molar-refractivity contribution < 1.29 is 10.2 Å². The van der Waals surface area contributed by atoms with Crippen LogP contribution in [0.5, 0.6) is 0 Å². The maximum absolute atomic E-state index is 9.86. The Morgan fingerprint density at radius 3 is 2.88 bits per heavy atom. The zero-order valence-electron chi connectivity index (χ0n) is 9.35. The van der Waals surface area contributed by atoms with Gasteiger partial charge < -0.3 is 15.5 Å². The highest BCUT2D eigenvalue weighted by atomic mass is 32.1. The second-order valence-corrected chi connectivity index (χ2v) is 5.61. The number of aliphatic hydroxyl groups is 2. The smallest absolute Gasteiger partial charge is 0.101 e. The van der Waals surface area contributed by atoms with E-state index in [0.717, 1.165) is 17.8 Å². The zero-order chi connectivity index (χ0) is 11.4. The lowest BCUT2D eigenvalue weighted by Crippen LogP contribution is -2.28. The van der Waals surface area contributed by atoms with Gasteiger partial charge in [0.2, 0.25) is 0 Å². The van der Waals surface area contributed by atoms with Gasteiger partial charge in [0.25, 0.3) is 0 Å². The molecule has 0 bridgehead atoms. The Labute approximate surface area is 100 Å². The predicted octanol–water partition coefficient (Wildman–Crippen LogP) is 1.53. The fraction of sp³-hybridized carbons (Fsp3) is 0.667. The molecule has 1 fully saturated rings. The van der Waals surface area contributed by atoms with Gasteiger partial charge in [-0.1, -0.05) is 6.07 Å². The lowest BCUT2D eigenvalue weighted by molar-refractivity contribution is 0.172. The Kier molecular flexibility index (Phi) is 3.97. The van der Waals surface area contributed by atoms with Crippen molar-refractivity contribution in [3.05, 3.63) is 22.4 Å². The van der Waals surface area contributed by atoms with Crippen LogP contribution >= 0.6 is 11.3 Å². The lowest BCUT2D eigenvalue weighted by Gasteiger charge is -2.16. The van der Waals surface area contributed by atoms with Crippen LogP contribution < -0.4 is 5.32 Å². The highest BCUT2D eigenvalue weighted by molar-refractivity contribution is 7.10. The fourth-order valence-corrected chi connectivity index (χ4v) is 2.70. The molecule has 0 amide bonds. The SMILES string of the molecule is OCCC1(CNCC(O)c2cccs2)CC1. The van der Waals surface area contributed by atoms with E-state index in [1.807, 2.05) is 17.5 Å². The van der Waals surface area contributed by atoms with Gasteiger partial charge in [-0.2, -0.15) is 0 Å². The first kappa shape index (κ1) is 12.0. The normalized spacial score (nSPS) is 19.6. The molecule has 1 aliphatic carbocycles. The summed E-state index contributed by atoms with van der Waals surface area (Å²) in [5.74, 6) is 0.